The molecule has 1 aromatic rings. The van der Waals surface area contributed by atoms with Crippen LogP contribution >= 0.6 is 11.6 Å². The maximum atomic E-state index is 13.1. The second-order valence-corrected chi connectivity index (χ2v) is 9.54. The van der Waals surface area contributed by atoms with Crippen LogP contribution in [0.5, 0.6) is 0 Å². The number of amides is 4. The van der Waals surface area contributed by atoms with Crippen molar-refractivity contribution >= 4 is 29.4 Å². The molecule has 28 heavy (non-hydrogen) atoms. The number of carbonyl (C=O) groups is 3. The minimum atomic E-state index is -0.889. The molecular formula is C21H28ClN3O3. The molecule has 1 saturated carbocycles. The molecule has 1 heterocycles. The summed E-state index contributed by atoms with van der Waals surface area (Å²) in [6.07, 6.45) is 2.21. The van der Waals surface area contributed by atoms with E-state index in [1.807, 2.05) is 19.1 Å². The van der Waals surface area contributed by atoms with Crippen LogP contribution in [0.3, 0.4) is 0 Å². The Morgan fingerprint density at radius 2 is 1.93 bits per heavy atom. The average molecular weight is 406 g/mol. The first-order chi connectivity index (χ1) is 13.0. The molecule has 1 saturated heterocycles. The molecule has 1 aliphatic carbocycles. The van der Waals surface area contributed by atoms with Crippen molar-refractivity contribution in [3.63, 3.8) is 0 Å². The Bertz CT molecular complexity index is 793. The van der Waals surface area contributed by atoms with E-state index in [1.165, 1.54) is 0 Å². The van der Waals surface area contributed by atoms with Crippen molar-refractivity contribution in [2.45, 2.75) is 58.5 Å². The third-order valence-corrected chi connectivity index (χ3v) is 5.93. The van der Waals surface area contributed by atoms with Crippen molar-refractivity contribution in [1.29, 1.82) is 0 Å². The van der Waals surface area contributed by atoms with E-state index in [0.29, 0.717) is 23.8 Å². The van der Waals surface area contributed by atoms with E-state index < -0.39 is 11.6 Å². The van der Waals surface area contributed by atoms with Crippen LogP contribution < -0.4 is 10.6 Å². The predicted octanol–water partition coefficient (Wildman–Crippen LogP) is 3.65. The predicted molar refractivity (Wildman–Crippen MR) is 108 cm³/mol. The number of imide groups is 1. The highest BCUT2D eigenvalue weighted by atomic mass is 35.5. The van der Waals surface area contributed by atoms with Gasteiger partial charge in [-0.1, -0.05) is 44.5 Å². The van der Waals surface area contributed by atoms with E-state index in [4.69, 9.17) is 11.6 Å². The summed E-state index contributed by atoms with van der Waals surface area (Å²) in [5, 5.41) is 6.36. The lowest BCUT2D eigenvalue weighted by Crippen LogP contribution is -2.54. The van der Waals surface area contributed by atoms with Crippen molar-refractivity contribution in [2.24, 2.45) is 11.3 Å². The van der Waals surface area contributed by atoms with Crippen LogP contribution in [0.1, 0.15) is 58.6 Å². The Hall–Kier alpha value is -2.08. The lowest BCUT2D eigenvalue weighted by molar-refractivity contribution is -0.137. The molecule has 1 aromatic carbocycles. The SMILES string of the molecule is C[C@@H]1CC(C)(C)C[C@]2(C1)NC(=O)N(CC(=O)N[C@H](C)c1ccc(Cl)cc1)C2=O. The number of urea groups is 1. The number of hydrogen-bond donors (Lipinski definition) is 2. The van der Waals surface area contributed by atoms with Gasteiger partial charge in [-0.3, -0.25) is 14.5 Å². The zero-order valence-electron chi connectivity index (χ0n) is 16.8. The average Bonchev–Trinajstić information content (AvgIpc) is 2.77. The quantitative estimate of drug-likeness (QED) is 0.750. The lowest BCUT2D eigenvalue weighted by Gasteiger charge is -2.43. The number of hydrogen-bond acceptors (Lipinski definition) is 3. The van der Waals surface area contributed by atoms with Crippen LogP contribution in [-0.4, -0.2) is 34.8 Å². The highest BCUT2D eigenvalue weighted by Gasteiger charge is 2.56. The largest absolute Gasteiger partial charge is 0.348 e. The molecule has 1 aliphatic heterocycles. The first kappa shape index (κ1) is 20.6. The van der Waals surface area contributed by atoms with Gasteiger partial charge in [0.1, 0.15) is 12.1 Å². The van der Waals surface area contributed by atoms with Gasteiger partial charge in [-0.2, -0.15) is 0 Å². The Balaban J connectivity index is 1.67. The smallest absolute Gasteiger partial charge is 0.325 e. The van der Waals surface area contributed by atoms with Crippen molar-refractivity contribution < 1.29 is 14.4 Å². The summed E-state index contributed by atoms with van der Waals surface area (Å²) in [7, 11) is 0. The Morgan fingerprint density at radius 3 is 2.54 bits per heavy atom. The monoisotopic (exact) mass is 405 g/mol. The first-order valence-electron chi connectivity index (χ1n) is 9.70. The molecule has 152 valence electrons. The highest BCUT2D eigenvalue weighted by molar-refractivity contribution is 6.30. The second-order valence-electron chi connectivity index (χ2n) is 9.10. The topological polar surface area (TPSA) is 78.5 Å². The number of halogens is 1. The van der Waals surface area contributed by atoms with E-state index in [-0.39, 0.29) is 29.8 Å². The molecule has 0 aromatic heterocycles. The highest BCUT2D eigenvalue weighted by Crippen LogP contribution is 2.46. The number of rotatable bonds is 4. The van der Waals surface area contributed by atoms with E-state index in [9.17, 15) is 14.4 Å². The summed E-state index contributed by atoms with van der Waals surface area (Å²) in [5.74, 6) is -0.329. The summed E-state index contributed by atoms with van der Waals surface area (Å²) in [4.78, 5) is 39.2. The zero-order valence-corrected chi connectivity index (χ0v) is 17.6. The van der Waals surface area contributed by atoms with Crippen LogP contribution in [0.2, 0.25) is 5.02 Å². The van der Waals surface area contributed by atoms with Crippen LogP contribution in [0, 0.1) is 11.3 Å². The summed E-state index contributed by atoms with van der Waals surface area (Å²) in [5.41, 5.74) is -0.0308. The zero-order chi connectivity index (χ0) is 20.7. The van der Waals surface area contributed by atoms with Crippen LogP contribution in [0.15, 0.2) is 24.3 Å². The van der Waals surface area contributed by atoms with Crippen LogP contribution in [0.25, 0.3) is 0 Å². The van der Waals surface area contributed by atoms with Crippen molar-refractivity contribution in [1.82, 2.24) is 15.5 Å². The van der Waals surface area contributed by atoms with Crippen molar-refractivity contribution in [2.75, 3.05) is 6.54 Å². The van der Waals surface area contributed by atoms with Gasteiger partial charge in [-0.25, -0.2) is 4.79 Å². The molecular weight excluding hydrogens is 378 g/mol. The molecule has 0 bridgehead atoms. The normalized spacial score (nSPS) is 27.6. The van der Waals surface area contributed by atoms with Crippen molar-refractivity contribution in [3.8, 4) is 0 Å². The summed E-state index contributed by atoms with van der Waals surface area (Å²) >= 11 is 5.89. The van der Waals surface area contributed by atoms with Gasteiger partial charge in [0.2, 0.25) is 5.91 Å². The minimum absolute atomic E-state index is 0.0397. The van der Waals surface area contributed by atoms with Gasteiger partial charge in [-0.05, 0) is 55.2 Å². The molecule has 6 nitrogen and oxygen atoms in total. The van der Waals surface area contributed by atoms with Gasteiger partial charge >= 0.3 is 6.03 Å². The molecule has 2 fully saturated rings. The van der Waals surface area contributed by atoms with E-state index >= 15 is 0 Å². The maximum absolute atomic E-state index is 13.1. The van der Waals surface area contributed by atoms with Crippen LogP contribution in [0.4, 0.5) is 4.79 Å². The third-order valence-electron chi connectivity index (χ3n) is 5.67. The van der Waals surface area contributed by atoms with E-state index in [1.54, 1.807) is 12.1 Å². The van der Waals surface area contributed by atoms with Gasteiger partial charge in [0.15, 0.2) is 0 Å². The van der Waals surface area contributed by atoms with Gasteiger partial charge in [-0.15, -0.1) is 0 Å². The fourth-order valence-corrected chi connectivity index (χ4v) is 5.04. The summed E-state index contributed by atoms with van der Waals surface area (Å²) in [6.45, 7) is 7.91. The Labute approximate surface area is 171 Å². The molecule has 0 unspecified atom stereocenters. The number of nitrogens with one attached hydrogen (secondary N) is 2. The molecule has 1 spiro atoms. The molecule has 2 N–H and O–H groups in total. The van der Waals surface area contributed by atoms with Gasteiger partial charge in [0.25, 0.3) is 5.91 Å². The van der Waals surface area contributed by atoms with E-state index in [2.05, 4.69) is 31.4 Å². The van der Waals surface area contributed by atoms with Gasteiger partial charge < -0.3 is 10.6 Å². The lowest BCUT2D eigenvalue weighted by atomic mass is 9.64. The van der Waals surface area contributed by atoms with Crippen LogP contribution in [-0.2, 0) is 9.59 Å². The molecule has 3 rings (SSSR count). The fraction of sp³-hybridized carbons (Fsp3) is 0.571. The van der Waals surface area contributed by atoms with E-state index in [0.717, 1.165) is 16.9 Å². The molecule has 0 radical (unpaired) electrons. The number of nitrogens with zero attached hydrogens (tertiary/aromatic N) is 1. The molecule has 2 aliphatic rings. The molecule has 3 atom stereocenters. The minimum Gasteiger partial charge on any atom is -0.348 e. The number of carbonyl (C=O) groups excluding carboxylic acids is 3. The Kier molecular flexibility index (Phi) is 5.45. The molecule has 4 amide bonds. The van der Waals surface area contributed by atoms with Gasteiger partial charge in [0, 0.05) is 5.02 Å². The third kappa shape index (κ3) is 4.17. The Morgan fingerprint density at radius 1 is 1.29 bits per heavy atom. The standard InChI is InChI=1S/C21H28ClN3O3/c1-13-9-20(3,4)12-21(10-13)18(27)25(19(28)24-21)11-17(26)23-14(2)15-5-7-16(22)8-6-15/h5-8,13-14H,9-12H2,1-4H3,(H,23,26)(H,24,28)/t13-,14-,21+/m1/s1. The van der Waals surface area contributed by atoms with Gasteiger partial charge in [0.05, 0.1) is 6.04 Å². The number of benzene rings is 1. The van der Waals surface area contributed by atoms with Crippen molar-refractivity contribution in [3.05, 3.63) is 34.9 Å². The summed E-state index contributed by atoms with van der Waals surface area (Å²) in [6, 6.07) is 6.44. The second kappa shape index (κ2) is 7.39. The first-order valence-corrected chi connectivity index (χ1v) is 10.1. The fourth-order valence-electron chi connectivity index (χ4n) is 4.92. The molecule has 7 heteroatoms. The maximum Gasteiger partial charge on any atom is 0.325 e. The summed E-state index contributed by atoms with van der Waals surface area (Å²) < 4.78 is 0.